The molecule has 0 unspecified atom stereocenters. The number of rotatable bonds is 4. The first-order valence-electron chi connectivity index (χ1n) is 3.65. The maximum Gasteiger partial charge on any atom is 1.00 e. The van der Waals surface area contributed by atoms with Crippen LogP contribution in [0.4, 0.5) is 5.69 Å². The topological polar surface area (TPSA) is 87.7 Å². The van der Waals surface area contributed by atoms with Crippen molar-refractivity contribution in [2.75, 3.05) is 12.5 Å². The Morgan fingerprint density at radius 2 is 1.80 bits per heavy atom. The number of benzene rings is 1. The van der Waals surface area contributed by atoms with Gasteiger partial charge in [0.05, 0.1) is 12.8 Å². The van der Waals surface area contributed by atoms with Crippen molar-refractivity contribution in [3.05, 3.63) is 24.3 Å². The van der Waals surface area contributed by atoms with E-state index in [2.05, 4.69) is 5.43 Å². The maximum atomic E-state index is 10.3. The van der Waals surface area contributed by atoms with Crippen LogP contribution in [-0.4, -0.2) is 20.1 Å². The van der Waals surface area contributed by atoms with Crippen molar-refractivity contribution < 1.29 is 47.3 Å². The summed E-state index contributed by atoms with van der Waals surface area (Å²) in [4.78, 5) is 1.71. The molecule has 0 radical (unpaired) electrons. The Balaban J connectivity index is 0.00000196. The molecule has 0 bridgehead atoms. The van der Waals surface area contributed by atoms with E-state index in [0.717, 1.165) is 0 Å². The summed E-state index contributed by atoms with van der Waals surface area (Å²) < 4.78 is 33.8. The van der Waals surface area contributed by atoms with Crippen molar-refractivity contribution in [2.45, 2.75) is 0 Å². The van der Waals surface area contributed by atoms with E-state index >= 15 is 0 Å². The summed E-state index contributed by atoms with van der Waals surface area (Å²) in [6.07, 6.45) is 0. The number of ether oxygens (including phenoxy) is 1. The molecule has 0 heterocycles. The van der Waals surface area contributed by atoms with E-state index in [1.165, 1.54) is 7.11 Å². The third-order valence-corrected chi connectivity index (χ3v) is 1.77. The zero-order valence-electron chi connectivity index (χ0n) is 8.39. The van der Waals surface area contributed by atoms with Crippen LogP contribution in [0.5, 0.6) is 5.75 Å². The average Bonchev–Trinajstić information content (AvgIpc) is 2.14. The van der Waals surface area contributed by atoms with Crippen molar-refractivity contribution in [1.29, 1.82) is 0 Å². The van der Waals surface area contributed by atoms with Gasteiger partial charge in [-0.15, -0.1) is 4.83 Å². The van der Waals surface area contributed by atoms with Crippen LogP contribution in [0.3, 0.4) is 0 Å². The molecule has 0 aliphatic rings. The molecular formula is C7H10N2NaO4S+. The smallest absolute Gasteiger partial charge is 0.497 e. The van der Waals surface area contributed by atoms with Crippen LogP contribution in [0.25, 0.3) is 0 Å². The summed E-state index contributed by atoms with van der Waals surface area (Å²) in [5, 5.41) is 0. The first-order valence-corrected chi connectivity index (χ1v) is 5.09. The quantitative estimate of drug-likeness (QED) is 0.306. The summed E-state index contributed by atoms with van der Waals surface area (Å²) in [6.45, 7) is 0. The molecule has 0 saturated heterocycles. The molecule has 1 aromatic rings. The van der Waals surface area contributed by atoms with Gasteiger partial charge in [0.15, 0.2) is 0 Å². The molecule has 0 atom stereocenters. The number of hydrazine groups is 1. The number of anilines is 1. The van der Waals surface area contributed by atoms with E-state index < -0.39 is 10.3 Å². The van der Waals surface area contributed by atoms with Crippen molar-refractivity contribution in [3.63, 3.8) is 0 Å². The summed E-state index contributed by atoms with van der Waals surface area (Å²) in [5.74, 6) is 0.655. The zero-order valence-corrected chi connectivity index (χ0v) is 11.2. The summed E-state index contributed by atoms with van der Waals surface area (Å²) in [6, 6.07) is 6.48. The van der Waals surface area contributed by atoms with E-state index in [-0.39, 0.29) is 29.6 Å². The Morgan fingerprint density at radius 1 is 1.27 bits per heavy atom. The van der Waals surface area contributed by atoms with E-state index in [0.29, 0.717) is 11.4 Å². The first-order chi connectivity index (χ1) is 6.51. The SMILES string of the molecule is COc1ccc(NNS(=O)(=O)O)cc1.[Na+]. The minimum absolute atomic E-state index is 0. The fourth-order valence-corrected chi connectivity index (χ4v) is 1.04. The van der Waals surface area contributed by atoms with E-state index in [9.17, 15) is 8.42 Å². The number of hydrogen-bond donors (Lipinski definition) is 3. The van der Waals surface area contributed by atoms with Crippen LogP contribution in [-0.2, 0) is 10.3 Å². The van der Waals surface area contributed by atoms with Gasteiger partial charge in [0.1, 0.15) is 5.75 Å². The fourth-order valence-electron chi connectivity index (χ4n) is 0.798. The normalized spacial score (nSPS) is 10.3. The van der Waals surface area contributed by atoms with Gasteiger partial charge in [-0.1, -0.05) is 0 Å². The van der Waals surface area contributed by atoms with Crippen LogP contribution >= 0.6 is 0 Å². The fraction of sp³-hybridized carbons (Fsp3) is 0.143. The maximum absolute atomic E-state index is 10.3. The molecule has 1 aromatic carbocycles. The summed E-state index contributed by atoms with van der Waals surface area (Å²) >= 11 is 0. The van der Waals surface area contributed by atoms with Crippen molar-refractivity contribution in [2.24, 2.45) is 0 Å². The molecule has 6 nitrogen and oxygen atoms in total. The molecule has 8 heteroatoms. The second-order valence-electron chi connectivity index (χ2n) is 2.43. The van der Waals surface area contributed by atoms with Gasteiger partial charge in [-0.05, 0) is 24.3 Å². The monoisotopic (exact) mass is 241 g/mol. The molecular weight excluding hydrogens is 231 g/mol. The zero-order chi connectivity index (χ0) is 10.6. The van der Waals surface area contributed by atoms with Gasteiger partial charge in [0.25, 0.3) is 0 Å². The van der Waals surface area contributed by atoms with E-state index in [4.69, 9.17) is 9.29 Å². The van der Waals surface area contributed by atoms with E-state index in [1.807, 2.05) is 0 Å². The van der Waals surface area contributed by atoms with Crippen molar-refractivity contribution in [3.8, 4) is 5.75 Å². The van der Waals surface area contributed by atoms with Crippen LogP contribution in [0, 0.1) is 0 Å². The summed E-state index contributed by atoms with van der Waals surface area (Å²) in [7, 11) is -2.70. The Labute approximate surface area is 110 Å². The van der Waals surface area contributed by atoms with Gasteiger partial charge < -0.3 is 10.2 Å². The van der Waals surface area contributed by atoms with Crippen molar-refractivity contribution in [1.82, 2.24) is 4.83 Å². The van der Waals surface area contributed by atoms with Crippen LogP contribution < -0.4 is 44.6 Å². The van der Waals surface area contributed by atoms with Crippen LogP contribution in [0.1, 0.15) is 0 Å². The van der Waals surface area contributed by atoms with E-state index in [1.54, 1.807) is 29.1 Å². The number of nitrogens with one attached hydrogen (secondary N) is 2. The predicted octanol–water partition coefficient (Wildman–Crippen LogP) is -2.58. The van der Waals surface area contributed by atoms with Gasteiger partial charge in [0, 0.05) is 0 Å². The Kier molecular flexibility index (Phi) is 6.18. The molecule has 0 saturated carbocycles. The van der Waals surface area contributed by atoms with Crippen LogP contribution in [0.15, 0.2) is 24.3 Å². The molecule has 3 N–H and O–H groups in total. The Hall–Kier alpha value is -0.310. The third kappa shape index (κ3) is 5.98. The minimum atomic E-state index is -4.23. The van der Waals surface area contributed by atoms with Gasteiger partial charge in [-0.2, -0.15) is 8.42 Å². The first kappa shape index (κ1) is 14.7. The van der Waals surface area contributed by atoms with Gasteiger partial charge in [0.2, 0.25) is 0 Å². The predicted molar refractivity (Wildman–Crippen MR) is 51.3 cm³/mol. The molecule has 15 heavy (non-hydrogen) atoms. The molecule has 0 spiro atoms. The van der Waals surface area contributed by atoms with Crippen LogP contribution in [0.2, 0.25) is 0 Å². The Bertz CT molecular complexity index is 392. The molecule has 0 amide bonds. The third-order valence-electron chi connectivity index (χ3n) is 1.41. The second-order valence-corrected chi connectivity index (χ2v) is 3.58. The average molecular weight is 241 g/mol. The molecule has 0 aliphatic carbocycles. The molecule has 0 aliphatic heterocycles. The molecule has 1 rings (SSSR count). The number of hydrogen-bond acceptors (Lipinski definition) is 4. The van der Waals surface area contributed by atoms with Gasteiger partial charge >= 0.3 is 39.9 Å². The Morgan fingerprint density at radius 3 is 2.20 bits per heavy atom. The minimum Gasteiger partial charge on any atom is -0.497 e. The molecule has 0 aromatic heterocycles. The van der Waals surface area contributed by atoms with Crippen molar-refractivity contribution >= 4 is 16.0 Å². The van der Waals surface area contributed by atoms with Gasteiger partial charge in [-0.25, -0.2) is 0 Å². The largest absolute Gasteiger partial charge is 1.00 e. The van der Waals surface area contributed by atoms with Gasteiger partial charge in [-0.3, -0.25) is 4.55 Å². The second kappa shape index (κ2) is 6.31. The molecule has 78 valence electrons. The standard InChI is InChI=1S/C7H10N2O4S.Na/c1-13-7-4-2-6(3-5-7)8-9-14(10,11)12;/h2-5,8-9H,1H3,(H,10,11,12);/q;+1. The molecule has 0 fully saturated rings. The number of methoxy groups -OCH3 is 1. The summed E-state index contributed by atoms with van der Waals surface area (Å²) in [5.41, 5.74) is 2.78.